The van der Waals surface area contributed by atoms with E-state index >= 15 is 0 Å². The predicted octanol–water partition coefficient (Wildman–Crippen LogP) is 0.170. The molecule has 0 aliphatic heterocycles. The average Bonchev–Trinajstić information content (AvgIpc) is 2.36. The van der Waals surface area contributed by atoms with Crippen LogP contribution in [-0.2, 0) is 9.59 Å². The first-order valence-corrected chi connectivity index (χ1v) is 5.17. The molecule has 0 aliphatic rings. The molecule has 19 heavy (non-hydrogen) atoms. The van der Waals surface area contributed by atoms with Crippen molar-refractivity contribution in [1.82, 2.24) is 4.90 Å². The van der Waals surface area contributed by atoms with Crippen molar-refractivity contribution in [2.45, 2.75) is 0 Å². The third-order valence-corrected chi connectivity index (χ3v) is 2.20. The zero-order valence-electron chi connectivity index (χ0n) is 9.74. The summed E-state index contributed by atoms with van der Waals surface area (Å²) in [6.07, 6.45) is 0. The summed E-state index contributed by atoms with van der Waals surface area (Å²) in [5.74, 6) is -3.32. The molecule has 2 N–H and O–H groups in total. The fraction of sp³-hybridized carbons (Fsp3) is 0.167. The molecule has 0 bridgehead atoms. The number of carbonyl (C=O) groups excluding carboxylic acids is 1. The van der Waals surface area contributed by atoms with Crippen LogP contribution in [0.15, 0.2) is 24.3 Å². The molecular weight excluding hydrogens is 252 g/mol. The molecule has 7 nitrogen and oxygen atoms in total. The molecule has 0 unspecified atom stereocenters. The van der Waals surface area contributed by atoms with Crippen LogP contribution in [0.3, 0.4) is 0 Å². The van der Waals surface area contributed by atoms with E-state index in [2.05, 4.69) is 0 Å². The van der Waals surface area contributed by atoms with Gasteiger partial charge in [0.2, 0.25) is 0 Å². The van der Waals surface area contributed by atoms with Crippen molar-refractivity contribution in [3.8, 4) is 6.07 Å². The lowest BCUT2D eigenvalue weighted by Gasteiger charge is -2.18. The number of carboxylic acid groups (broad SMARTS) is 2. The maximum absolute atomic E-state index is 11.9. The van der Waals surface area contributed by atoms with E-state index in [0.717, 1.165) is 0 Å². The Bertz CT molecular complexity index is 528. The molecule has 0 aliphatic carbocycles. The molecular formula is C12H10N2O5. The summed E-state index contributed by atoms with van der Waals surface area (Å²) in [5.41, 5.74) is 0.473. The van der Waals surface area contributed by atoms with Gasteiger partial charge in [-0.05, 0) is 24.3 Å². The Morgan fingerprint density at radius 3 is 1.89 bits per heavy atom. The number of rotatable bonds is 5. The molecule has 0 atom stereocenters. The highest BCUT2D eigenvalue weighted by Crippen LogP contribution is 2.07. The summed E-state index contributed by atoms with van der Waals surface area (Å²) in [6.45, 7) is -1.41. The first-order valence-electron chi connectivity index (χ1n) is 5.17. The summed E-state index contributed by atoms with van der Waals surface area (Å²) in [4.78, 5) is 33.8. The zero-order valence-corrected chi connectivity index (χ0v) is 9.74. The van der Waals surface area contributed by atoms with Crippen LogP contribution in [0.25, 0.3) is 0 Å². The van der Waals surface area contributed by atoms with Crippen molar-refractivity contribution in [2.24, 2.45) is 0 Å². The summed E-state index contributed by atoms with van der Waals surface area (Å²) < 4.78 is 0. The van der Waals surface area contributed by atoms with Crippen molar-refractivity contribution >= 4 is 17.8 Å². The Balaban J connectivity index is 2.94. The van der Waals surface area contributed by atoms with E-state index in [1.807, 2.05) is 6.07 Å². The standard InChI is InChI=1S/C12H10N2O5/c13-5-8-1-3-9(4-2-8)12(19)14(6-10(15)16)7-11(17)18/h1-4H,6-7H2,(H,15,16)(H,17,18). The maximum Gasteiger partial charge on any atom is 0.323 e. The topological polar surface area (TPSA) is 119 Å². The highest BCUT2D eigenvalue weighted by Gasteiger charge is 2.20. The second-order valence-corrected chi connectivity index (χ2v) is 3.64. The fourth-order valence-electron chi connectivity index (χ4n) is 1.40. The van der Waals surface area contributed by atoms with Gasteiger partial charge in [-0.25, -0.2) is 0 Å². The van der Waals surface area contributed by atoms with Crippen LogP contribution >= 0.6 is 0 Å². The van der Waals surface area contributed by atoms with Crippen molar-refractivity contribution in [1.29, 1.82) is 5.26 Å². The number of benzene rings is 1. The lowest BCUT2D eigenvalue weighted by Crippen LogP contribution is -2.39. The Morgan fingerprint density at radius 1 is 1.05 bits per heavy atom. The lowest BCUT2D eigenvalue weighted by molar-refractivity contribution is -0.140. The largest absolute Gasteiger partial charge is 0.480 e. The Morgan fingerprint density at radius 2 is 1.53 bits per heavy atom. The minimum absolute atomic E-state index is 0.126. The smallest absolute Gasteiger partial charge is 0.323 e. The van der Waals surface area contributed by atoms with Gasteiger partial charge in [0, 0.05) is 5.56 Å². The summed E-state index contributed by atoms with van der Waals surface area (Å²) in [6, 6.07) is 7.35. The van der Waals surface area contributed by atoms with E-state index in [1.54, 1.807) is 0 Å². The molecule has 0 heterocycles. The number of nitriles is 1. The number of aliphatic carboxylic acids is 2. The summed E-state index contributed by atoms with van der Waals surface area (Å²) in [7, 11) is 0. The zero-order chi connectivity index (χ0) is 14.4. The quantitative estimate of drug-likeness (QED) is 0.780. The molecule has 1 aromatic rings. The van der Waals surface area contributed by atoms with Crippen molar-refractivity contribution in [2.75, 3.05) is 13.1 Å². The van der Waals surface area contributed by atoms with Gasteiger partial charge < -0.3 is 15.1 Å². The average molecular weight is 262 g/mol. The molecule has 7 heteroatoms. The van der Waals surface area contributed by atoms with Crippen LogP contribution in [0, 0.1) is 11.3 Å². The first kappa shape index (κ1) is 14.2. The van der Waals surface area contributed by atoms with Gasteiger partial charge in [0.15, 0.2) is 0 Å². The van der Waals surface area contributed by atoms with E-state index in [4.69, 9.17) is 15.5 Å². The minimum Gasteiger partial charge on any atom is -0.480 e. The van der Waals surface area contributed by atoms with E-state index < -0.39 is 30.9 Å². The van der Waals surface area contributed by atoms with Gasteiger partial charge >= 0.3 is 11.9 Å². The molecule has 1 rings (SSSR count). The molecule has 0 aromatic heterocycles. The van der Waals surface area contributed by atoms with Crippen molar-refractivity contribution < 1.29 is 24.6 Å². The lowest BCUT2D eigenvalue weighted by atomic mass is 10.1. The number of carboxylic acids is 2. The van der Waals surface area contributed by atoms with Gasteiger partial charge in [0.05, 0.1) is 11.6 Å². The molecule has 0 saturated carbocycles. The van der Waals surface area contributed by atoms with Gasteiger partial charge in [-0.2, -0.15) is 5.26 Å². The Hall–Kier alpha value is -2.88. The van der Waals surface area contributed by atoms with Crippen molar-refractivity contribution in [3.05, 3.63) is 35.4 Å². The monoisotopic (exact) mass is 262 g/mol. The highest BCUT2D eigenvalue weighted by molar-refractivity contribution is 5.97. The van der Waals surface area contributed by atoms with E-state index in [9.17, 15) is 14.4 Å². The van der Waals surface area contributed by atoms with E-state index in [0.29, 0.717) is 10.5 Å². The summed E-state index contributed by atoms with van der Waals surface area (Å²) >= 11 is 0. The molecule has 1 aromatic carbocycles. The molecule has 0 spiro atoms. The van der Waals surface area contributed by atoms with Gasteiger partial charge in [-0.15, -0.1) is 0 Å². The van der Waals surface area contributed by atoms with Gasteiger partial charge in [0.25, 0.3) is 5.91 Å². The van der Waals surface area contributed by atoms with Crippen LogP contribution in [0.2, 0.25) is 0 Å². The number of carbonyl (C=O) groups is 3. The SMILES string of the molecule is N#Cc1ccc(C(=O)N(CC(=O)O)CC(=O)O)cc1. The van der Waals surface area contributed by atoms with E-state index in [1.165, 1.54) is 24.3 Å². The molecule has 0 saturated heterocycles. The minimum atomic E-state index is -1.30. The van der Waals surface area contributed by atoms with Crippen LogP contribution < -0.4 is 0 Å². The second kappa shape index (κ2) is 6.16. The number of hydrogen-bond acceptors (Lipinski definition) is 4. The van der Waals surface area contributed by atoms with Crippen molar-refractivity contribution in [3.63, 3.8) is 0 Å². The Kier molecular flexibility index (Phi) is 4.60. The van der Waals surface area contributed by atoms with Gasteiger partial charge in [0.1, 0.15) is 13.1 Å². The second-order valence-electron chi connectivity index (χ2n) is 3.64. The van der Waals surface area contributed by atoms with Crippen LogP contribution in [0.4, 0.5) is 0 Å². The molecule has 1 amide bonds. The van der Waals surface area contributed by atoms with Gasteiger partial charge in [-0.1, -0.05) is 0 Å². The van der Waals surface area contributed by atoms with Gasteiger partial charge in [-0.3, -0.25) is 14.4 Å². The normalized spacial score (nSPS) is 9.42. The highest BCUT2D eigenvalue weighted by atomic mass is 16.4. The fourth-order valence-corrected chi connectivity index (χ4v) is 1.40. The van der Waals surface area contributed by atoms with Crippen LogP contribution in [-0.4, -0.2) is 46.0 Å². The summed E-state index contributed by atoms with van der Waals surface area (Å²) in [5, 5.41) is 25.9. The number of amides is 1. The predicted molar refractivity (Wildman–Crippen MR) is 62.3 cm³/mol. The third-order valence-electron chi connectivity index (χ3n) is 2.20. The molecule has 0 fully saturated rings. The first-order chi connectivity index (χ1) is 8.93. The maximum atomic E-state index is 11.9. The molecule has 98 valence electrons. The molecule has 0 radical (unpaired) electrons. The number of nitrogens with zero attached hydrogens (tertiary/aromatic N) is 2. The third kappa shape index (κ3) is 4.12. The van der Waals surface area contributed by atoms with Crippen LogP contribution in [0.1, 0.15) is 15.9 Å². The van der Waals surface area contributed by atoms with E-state index in [-0.39, 0.29) is 5.56 Å². The van der Waals surface area contributed by atoms with Crippen LogP contribution in [0.5, 0.6) is 0 Å². The Labute approximate surface area is 108 Å². The number of hydrogen-bond donors (Lipinski definition) is 2.